The number of nitrogens with one attached hydrogen (secondary N) is 1. The van der Waals surface area contributed by atoms with Crippen LogP contribution in [-0.4, -0.2) is 14.5 Å². The van der Waals surface area contributed by atoms with Crippen LogP contribution in [0.4, 0.5) is 0 Å². The van der Waals surface area contributed by atoms with Gasteiger partial charge in [0.25, 0.3) is 10.2 Å². The molecule has 1 fully saturated rings. The van der Waals surface area contributed by atoms with Crippen molar-refractivity contribution in [3.05, 3.63) is 83.9 Å². The number of benzene rings is 2. The molecule has 0 aliphatic heterocycles. The van der Waals surface area contributed by atoms with E-state index in [0.29, 0.717) is 0 Å². The molecule has 3 N–H and O–H groups in total. The summed E-state index contributed by atoms with van der Waals surface area (Å²) in [7, 11) is -3.79. The van der Waals surface area contributed by atoms with Crippen molar-refractivity contribution in [2.75, 3.05) is 0 Å². The zero-order chi connectivity index (χ0) is 23.5. The van der Waals surface area contributed by atoms with E-state index in [4.69, 9.17) is 5.14 Å². The third-order valence-corrected chi connectivity index (χ3v) is 8.24. The maximum Gasteiger partial charge on any atom is 0.274 e. The second kappa shape index (κ2) is 9.96. The van der Waals surface area contributed by atoms with Gasteiger partial charge in [-0.1, -0.05) is 99.0 Å². The van der Waals surface area contributed by atoms with Crippen molar-refractivity contribution in [3.63, 3.8) is 0 Å². The van der Waals surface area contributed by atoms with Gasteiger partial charge in [-0.3, -0.25) is 0 Å². The molecular weight excluding hydrogens is 428 g/mol. The lowest BCUT2D eigenvalue weighted by Crippen LogP contribution is -2.43. The first kappa shape index (κ1) is 23.9. The van der Waals surface area contributed by atoms with E-state index in [1.807, 2.05) is 18.2 Å². The third kappa shape index (κ3) is 4.86. The lowest BCUT2D eigenvalue weighted by atomic mass is 9.66. The molecule has 0 spiro atoms. The van der Waals surface area contributed by atoms with Crippen molar-refractivity contribution in [1.82, 2.24) is 4.72 Å². The van der Waals surface area contributed by atoms with Gasteiger partial charge in [0, 0.05) is 11.5 Å². The average Bonchev–Trinajstić information content (AvgIpc) is 3.31. The molecule has 3 atom stereocenters. The molecule has 0 unspecified atom stereocenters. The summed E-state index contributed by atoms with van der Waals surface area (Å²) in [4.78, 5) is 0. The fraction of sp³-hybridized carbons (Fsp3) is 0.429. The quantitative estimate of drug-likeness (QED) is 0.418. The Labute approximate surface area is 199 Å². The standard InChI is InChI=1S/C28H36N2O2S/c1-3-4-5-8-17-24-20-25-26(30-33(29,31)32)18-19-28(25,21(2)22-13-9-6-10-14-22)27(24)23-15-11-7-12-16-23/h6-7,9-16,25-26,30H,2-5,8,17-20H2,1H3,(H2,29,31,32)/t25-,26+,28-/m0/s1. The molecule has 0 radical (unpaired) electrons. The molecule has 5 heteroatoms. The molecule has 1 saturated carbocycles. The van der Waals surface area contributed by atoms with Gasteiger partial charge in [-0.15, -0.1) is 0 Å². The van der Waals surface area contributed by atoms with E-state index in [2.05, 4.69) is 60.7 Å². The van der Waals surface area contributed by atoms with Gasteiger partial charge < -0.3 is 0 Å². The Bertz CT molecular complexity index is 1110. The minimum atomic E-state index is -3.79. The first-order chi connectivity index (χ1) is 15.9. The van der Waals surface area contributed by atoms with Crippen LogP contribution in [0, 0.1) is 11.3 Å². The second-order valence-electron chi connectivity index (χ2n) is 9.59. The second-order valence-corrected chi connectivity index (χ2v) is 10.9. The molecule has 33 heavy (non-hydrogen) atoms. The molecule has 0 aromatic heterocycles. The summed E-state index contributed by atoms with van der Waals surface area (Å²) in [5.41, 5.74) is 5.98. The van der Waals surface area contributed by atoms with Gasteiger partial charge in [0.2, 0.25) is 0 Å². The Hall–Kier alpha value is -2.21. The molecule has 0 heterocycles. The zero-order valence-electron chi connectivity index (χ0n) is 19.6. The summed E-state index contributed by atoms with van der Waals surface area (Å²) in [5.74, 6) is 0.111. The molecule has 2 aromatic carbocycles. The highest BCUT2D eigenvalue weighted by atomic mass is 32.2. The normalized spacial score (nSPS) is 24.8. The summed E-state index contributed by atoms with van der Waals surface area (Å²) in [6.45, 7) is 6.88. The molecule has 2 aromatic rings. The fourth-order valence-corrected chi connectivity index (χ4v) is 6.96. The van der Waals surface area contributed by atoms with Crippen LogP contribution in [0.1, 0.15) is 69.4 Å². The molecule has 0 amide bonds. The molecule has 0 saturated heterocycles. The molecule has 176 valence electrons. The number of rotatable bonds is 10. The summed E-state index contributed by atoms with van der Waals surface area (Å²) < 4.78 is 26.8. The van der Waals surface area contributed by atoms with Crippen LogP contribution in [-0.2, 0) is 10.2 Å². The first-order valence-corrected chi connectivity index (χ1v) is 13.7. The Morgan fingerprint density at radius 1 is 1.06 bits per heavy atom. The first-order valence-electron chi connectivity index (χ1n) is 12.2. The number of fused-ring (bicyclic) bond motifs is 1. The van der Waals surface area contributed by atoms with Gasteiger partial charge >= 0.3 is 0 Å². The average molecular weight is 465 g/mol. The van der Waals surface area contributed by atoms with Gasteiger partial charge in [0.15, 0.2) is 0 Å². The van der Waals surface area contributed by atoms with Crippen molar-refractivity contribution in [3.8, 4) is 0 Å². The van der Waals surface area contributed by atoms with E-state index in [-0.39, 0.29) is 17.4 Å². The van der Waals surface area contributed by atoms with E-state index < -0.39 is 10.2 Å². The molecule has 0 bridgehead atoms. The van der Waals surface area contributed by atoms with Crippen LogP contribution >= 0.6 is 0 Å². The highest BCUT2D eigenvalue weighted by molar-refractivity contribution is 7.87. The van der Waals surface area contributed by atoms with Crippen LogP contribution in [0.2, 0.25) is 0 Å². The lowest BCUT2D eigenvalue weighted by Gasteiger charge is -2.37. The number of unbranched alkanes of at least 4 members (excludes halogenated alkanes) is 3. The van der Waals surface area contributed by atoms with E-state index in [1.165, 1.54) is 36.0 Å². The summed E-state index contributed by atoms with van der Waals surface area (Å²) in [6, 6.07) is 20.8. The van der Waals surface area contributed by atoms with Crippen LogP contribution in [0.5, 0.6) is 0 Å². The van der Waals surface area contributed by atoms with Crippen molar-refractivity contribution in [2.24, 2.45) is 16.5 Å². The number of hydrogen-bond acceptors (Lipinski definition) is 2. The molecule has 4 nitrogen and oxygen atoms in total. The van der Waals surface area contributed by atoms with Gasteiger partial charge in [0.05, 0.1) is 0 Å². The molecule has 2 aliphatic carbocycles. The van der Waals surface area contributed by atoms with E-state index >= 15 is 0 Å². The summed E-state index contributed by atoms with van der Waals surface area (Å²) in [5, 5.41) is 5.45. The van der Waals surface area contributed by atoms with Crippen LogP contribution in [0.15, 0.2) is 72.8 Å². The largest absolute Gasteiger partial charge is 0.274 e. The predicted octanol–water partition coefficient (Wildman–Crippen LogP) is 6.09. The fourth-order valence-electron chi connectivity index (χ4n) is 6.26. The lowest BCUT2D eigenvalue weighted by molar-refractivity contribution is 0.361. The van der Waals surface area contributed by atoms with Crippen LogP contribution < -0.4 is 9.86 Å². The maximum atomic E-state index is 12.0. The highest BCUT2D eigenvalue weighted by Gasteiger charge is 2.57. The van der Waals surface area contributed by atoms with Gasteiger partial charge in [-0.2, -0.15) is 13.1 Å². The third-order valence-electron chi connectivity index (χ3n) is 7.61. The van der Waals surface area contributed by atoms with E-state index in [1.54, 1.807) is 0 Å². The number of nitrogens with two attached hydrogens (primary N) is 1. The Morgan fingerprint density at radius 2 is 1.73 bits per heavy atom. The van der Waals surface area contributed by atoms with Crippen LogP contribution in [0.3, 0.4) is 0 Å². The highest BCUT2D eigenvalue weighted by Crippen LogP contribution is 2.66. The van der Waals surface area contributed by atoms with Crippen molar-refractivity contribution >= 4 is 21.4 Å². The minimum Gasteiger partial charge on any atom is -0.216 e. The zero-order valence-corrected chi connectivity index (χ0v) is 20.4. The van der Waals surface area contributed by atoms with Crippen molar-refractivity contribution < 1.29 is 8.42 Å². The Morgan fingerprint density at radius 3 is 2.36 bits per heavy atom. The van der Waals surface area contributed by atoms with Gasteiger partial charge in [-0.05, 0) is 60.3 Å². The SMILES string of the molecule is C=C(c1ccccc1)[C@@]12CC[C@@H](NS(N)(=O)=O)[C@@H]1CC(CCCCCC)=C2c1ccccc1. The number of allylic oxidation sites excluding steroid dienone is 3. The molecule has 2 aliphatic rings. The topological polar surface area (TPSA) is 72.2 Å². The Balaban J connectivity index is 1.83. The Kier molecular flexibility index (Phi) is 7.22. The molecular formula is C28H36N2O2S. The van der Waals surface area contributed by atoms with Gasteiger partial charge in [-0.25, -0.2) is 5.14 Å². The summed E-state index contributed by atoms with van der Waals surface area (Å²) >= 11 is 0. The predicted molar refractivity (Wildman–Crippen MR) is 137 cm³/mol. The smallest absolute Gasteiger partial charge is 0.216 e. The monoisotopic (exact) mass is 464 g/mol. The van der Waals surface area contributed by atoms with Gasteiger partial charge in [0.1, 0.15) is 0 Å². The van der Waals surface area contributed by atoms with Crippen molar-refractivity contribution in [1.29, 1.82) is 0 Å². The van der Waals surface area contributed by atoms with Crippen molar-refractivity contribution in [2.45, 2.75) is 64.3 Å². The van der Waals surface area contributed by atoms with Crippen LogP contribution in [0.25, 0.3) is 11.1 Å². The molecule has 4 rings (SSSR count). The minimum absolute atomic E-state index is 0.111. The maximum absolute atomic E-state index is 12.0. The van der Waals surface area contributed by atoms with E-state index in [0.717, 1.165) is 43.2 Å². The number of hydrogen-bond donors (Lipinski definition) is 2. The summed E-state index contributed by atoms with van der Waals surface area (Å²) in [6.07, 6.45) is 8.39. The van der Waals surface area contributed by atoms with E-state index in [9.17, 15) is 8.42 Å².